The highest BCUT2D eigenvalue weighted by Gasteiger charge is 2.23. The van der Waals surface area contributed by atoms with E-state index in [2.05, 4.69) is 24.2 Å². The third kappa shape index (κ3) is 3.06. The van der Waals surface area contributed by atoms with E-state index in [9.17, 15) is 0 Å². The van der Waals surface area contributed by atoms with Gasteiger partial charge in [0.15, 0.2) is 11.8 Å². The largest absolute Gasteiger partial charge is 0.460 e. The molecule has 1 N–H and O–H groups in total. The third-order valence-corrected chi connectivity index (χ3v) is 4.39. The number of hydrogen-bond acceptors (Lipinski definition) is 5. The van der Waals surface area contributed by atoms with E-state index in [4.69, 9.17) is 8.83 Å². The fourth-order valence-electron chi connectivity index (χ4n) is 2.13. The molecule has 0 saturated carbocycles. The van der Waals surface area contributed by atoms with Gasteiger partial charge >= 0.3 is 0 Å². The van der Waals surface area contributed by atoms with E-state index in [0.717, 1.165) is 22.9 Å². The second-order valence-electron chi connectivity index (χ2n) is 5.18. The molecule has 6 heteroatoms. The zero-order valence-corrected chi connectivity index (χ0v) is 13.1. The summed E-state index contributed by atoms with van der Waals surface area (Å²) >= 11 is 1.60. The predicted octanol–water partition coefficient (Wildman–Crippen LogP) is 2.48. The van der Waals surface area contributed by atoms with Crippen LogP contribution in [0.5, 0.6) is 0 Å². The zero-order valence-electron chi connectivity index (χ0n) is 12.3. The van der Waals surface area contributed by atoms with E-state index in [-0.39, 0.29) is 6.04 Å². The van der Waals surface area contributed by atoms with Gasteiger partial charge in [-0.1, -0.05) is 6.07 Å². The van der Waals surface area contributed by atoms with E-state index in [1.165, 1.54) is 4.90 Å². The van der Waals surface area contributed by atoms with Crippen molar-refractivity contribution in [1.82, 2.24) is 10.2 Å². The molecular formula is C15H18N3O2S+. The van der Waals surface area contributed by atoms with Crippen molar-refractivity contribution in [2.75, 3.05) is 7.05 Å². The second kappa shape index (κ2) is 5.83. The molecule has 3 rings (SSSR count). The maximum absolute atomic E-state index is 5.79. The standard InChI is InChI=1S/C15H17N3O2S/c1-10-6-7-12(19-10)9-18(3)11(2)14-16-17-15(20-14)13-5-4-8-21-13/h4-8,11H,9H2,1-3H3/p+1/t11-/m0/s1. The molecule has 3 aromatic rings. The summed E-state index contributed by atoms with van der Waals surface area (Å²) in [6.07, 6.45) is 0. The lowest BCUT2D eigenvalue weighted by Crippen LogP contribution is -3.07. The Balaban J connectivity index is 1.71. The molecule has 0 aromatic carbocycles. The fourth-order valence-corrected chi connectivity index (χ4v) is 2.77. The first-order valence-electron chi connectivity index (χ1n) is 6.88. The fraction of sp³-hybridized carbons (Fsp3) is 0.333. The number of nitrogens with one attached hydrogen (secondary N) is 1. The summed E-state index contributed by atoms with van der Waals surface area (Å²) < 4.78 is 11.4. The minimum Gasteiger partial charge on any atom is -0.460 e. The van der Waals surface area contributed by atoms with Crippen molar-refractivity contribution in [2.24, 2.45) is 0 Å². The van der Waals surface area contributed by atoms with Gasteiger partial charge in [-0.15, -0.1) is 21.5 Å². The first-order valence-corrected chi connectivity index (χ1v) is 7.76. The molecular weight excluding hydrogens is 286 g/mol. The average molecular weight is 304 g/mol. The van der Waals surface area contributed by atoms with Crippen LogP contribution >= 0.6 is 11.3 Å². The lowest BCUT2D eigenvalue weighted by atomic mass is 10.3. The Morgan fingerprint density at radius 2 is 2.10 bits per heavy atom. The molecule has 3 heterocycles. The smallest absolute Gasteiger partial charge is 0.274 e. The van der Waals surface area contributed by atoms with Crippen molar-refractivity contribution < 1.29 is 13.7 Å². The van der Waals surface area contributed by atoms with Gasteiger partial charge in [0.25, 0.3) is 11.8 Å². The number of thiophene rings is 1. The molecule has 0 amide bonds. The number of nitrogens with zero attached hydrogens (tertiary/aromatic N) is 2. The third-order valence-electron chi connectivity index (χ3n) is 3.53. The number of aromatic nitrogens is 2. The highest BCUT2D eigenvalue weighted by atomic mass is 32.1. The SMILES string of the molecule is Cc1ccc(C[NH+](C)[C@@H](C)c2nnc(-c3cccs3)o2)o1. The Labute approximate surface area is 127 Å². The van der Waals surface area contributed by atoms with Crippen molar-refractivity contribution in [3.8, 4) is 10.8 Å². The van der Waals surface area contributed by atoms with Crippen LogP contribution < -0.4 is 4.90 Å². The van der Waals surface area contributed by atoms with Crippen molar-refractivity contribution in [3.63, 3.8) is 0 Å². The van der Waals surface area contributed by atoms with Gasteiger partial charge in [0.05, 0.1) is 11.9 Å². The minimum absolute atomic E-state index is 0.108. The molecule has 21 heavy (non-hydrogen) atoms. The molecule has 0 radical (unpaired) electrons. The summed E-state index contributed by atoms with van der Waals surface area (Å²) in [7, 11) is 2.09. The normalized spacial score (nSPS) is 14.2. The van der Waals surface area contributed by atoms with Crippen LogP contribution in [0.2, 0.25) is 0 Å². The lowest BCUT2D eigenvalue weighted by molar-refractivity contribution is -0.926. The van der Waals surface area contributed by atoms with Crippen LogP contribution in [0.4, 0.5) is 0 Å². The number of furan rings is 1. The van der Waals surface area contributed by atoms with Crippen LogP contribution in [0.25, 0.3) is 10.8 Å². The van der Waals surface area contributed by atoms with Crippen LogP contribution in [0.15, 0.2) is 38.5 Å². The first kappa shape index (κ1) is 14.0. The molecule has 5 nitrogen and oxygen atoms in total. The minimum atomic E-state index is 0.108. The van der Waals surface area contributed by atoms with E-state index in [0.29, 0.717) is 11.8 Å². The Morgan fingerprint density at radius 1 is 1.24 bits per heavy atom. The topological polar surface area (TPSA) is 56.5 Å². The number of aryl methyl sites for hydroxylation is 1. The second-order valence-corrected chi connectivity index (χ2v) is 6.13. The van der Waals surface area contributed by atoms with Crippen molar-refractivity contribution in [1.29, 1.82) is 0 Å². The Kier molecular flexibility index (Phi) is 3.90. The van der Waals surface area contributed by atoms with Gasteiger partial charge in [-0.3, -0.25) is 0 Å². The van der Waals surface area contributed by atoms with Gasteiger partial charge in [-0.05, 0) is 37.4 Å². The van der Waals surface area contributed by atoms with Gasteiger partial charge in [-0.2, -0.15) is 0 Å². The summed E-state index contributed by atoms with van der Waals surface area (Å²) in [5, 5.41) is 10.3. The van der Waals surface area contributed by atoms with E-state index in [1.807, 2.05) is 36.6 Å². The highest BCUT2D eigenvalue weighted by Crippen LogP contribution is 2.24. The van der Waals surface area contributed by atoms with Gasteiger partial charge in [0.2, 0.25) is 0 Å². The maximum Gasteiger partial charge on any atom is 0.274 e. The van der Waals surface area contributed by atoms with Gasteiger partial charge in [-0.25, -0.2) is 0 Å². The van der Waals surface area contributed by atoms with Crippen LogP contribution in [-0.4, -0.2) is 17.2 Å². The Bertz CT molecular complexity index is 702. The van der Waals surface area contributed by atoms with Gasteiger partial charge in [0, 0.05) is 0 Å². The molecule has 0 fully saturated rings. The zero-order chi connectivity index (χ0) is 14.8. The number of hydrogen-bond donors (Lipinski definition) is 1. The summed E-state index contributed by atoms with van der Waals surface area (Å²) in [6, 6.07) is 8.06. The molecule has 0 aliphatic heterocycles. The van der Waals surface area contributed by atoms with E-state index < -0.39 is 0 Å². The van der Waals surface area contributed by atoms with Crippen molar-refractivity contribution in [2.45, 2.75) is 26.4 Å². The molecule has 0 aliphatic rings. The summed E-state index contributed by atoms with van der Waals surface area (Å²) in [5.74, 6) is 3.14. The van der Waals surface area contributed by atoms with Gasteiger partial charge < -0.3 is 13.7 Å². The van der Waals surface area contributed by atoms with Crippen LogP contribution in [0, 0.1) is 6.92 Å². The van der Waals surface area contributed by atoms with E-state index in [1.54, 1.807) is 11.3 Å². The highest BCUT2D eigenvalue weighted by molar-refractivity contribution is 7.13. The summed E-state index contributed by atoms with van der Waals surface area (Å²) in [6.45, 7) is 4.82. The van der Waals surface area contributed by atoms with Crippen LogP contribution in [-0.2, 0) is 6.54 Å². The number of quaternary nitrogens is 1. The first-order chi connectivity index (χ1) is 10.1. The summed E-state index contributed by atoms with van der Waals surface area (Å²) in [4.78, 5) is 2.24. The predicted molar refractivity (Wildman–Crippen MR) is 80.1 cm³/mol. The van der Waals surface area contributed by atoms with E-state index >= 15 is 0 Å². The average Bonchev–Trinajstić information content (AvgIpc) is 3.18. The Hall–Kier alpha value is -1.92. The molecule has 0 aliphatic carbocycles. The Morgan fingerprint density at radius 3 is 2.76 bits per heavy atom. The molecule has 3 aromatic heterocycles. The molecule has 0 saturated heterocycles. The van der Waals surface area contributed by atoms with Gasteiger partial charge in [0.1, 0.15) is 12.3 Å². The maximum atomic E-state index is 5.79. The monoisotopic (exact) mass is 304 g/mol. The molecule has 0 bridgehead atoms. The molecule has 110 valence electrons. The lowest BCUT2D eigenvalue weighted by Gasteiger charge is -2.17. The van der Waals surface area contributed by atoms with Crippen molar-refractivity contribution in [3.05, 3.63) is 47.1 Å². The van der Waals surface area contributed by atoms with Crippen LogP contribution in [0.1, 0.15) is 30.4 Å². The quantitative estimate of drug-likeness (QED) is 0.787. The molecule has 2 atom stereocenters. The van der Waals surface area contributed by atoms with Crippen molar-refractivity contribution >= 4 is 11.3 Å². The molecule has 0 spiro atoms. The van der Waals surface area contributed by atoms with Crippen LogP contribution in [0.3, 0.4) is 0 Å². The number of rotatable bonds is 5. The summed E-state index contributed by atoms with van der Waals surface area (Å²) in [5.41, 5.74) is 0. The molecule has 1 unspecified atom stereocenters.